The zero-order valence-electron chi connectivity index (χ0n) is 17.0. The third kappa shape index (κ3) is 5.63. The highest BCUT2D eigenvalue weighted by Gasteiger charge is 2.36. The van der Waals surface area contributed by atoms with Crippen LogP contribution in [0.4, 0.5) is 17.6 Å². The van der Waals surface area contributed by atoms with Crippen molar-refractivity contribution in [2.75, 3.05) is 13.2 Å². The van der Waals surface area contributed by atoms with Crippen molar-refractivity contribution >= 4 is 11.6 Å². The standard InChI is InChI=1S/C21H18ClF4N3O3/c1-11(2)31-7-8-32-17-6-3-12(10-27-17)15-9-16(30)29-20(28-15)18-13(21(24,25)26)4-5-14(22)19(18)23/h3-6,9-11H,7-8H2,1-2H3,(H,28,29,30). The van der Waals surface area contributed by atoms with E-state index in [1.807, 2.05) is 13.8 Å². The van der Waals surface area contributed by atoms with Crippen LogP contribution in [0.3, 0.4) is 0 Å². The molecule has 3 aromatic rings. The number of hydrogen-bond donors (Lipinski definition) is 1. The Morgan fingerprint density at radius 3 is 2.53 bits per heavy atom. The molecule has 0 spiro atoms. The summed E-state index contributed by atoms with van der Waals surface area (Å²) in [5, 5.41) is -0.536. The average Bonchev–Trinajstić information content (AvgIpc) is 2.72. The van der Waals surface area contributed by atoms with E-state index >= 15 is 0 Å². The Bertz CT molecular complexity index is 1150. The van der Waals surface area contributed by atoms with Crippen molar-refractivity contribution in [3.8, 4) is 28.5 Å². The number of benzene rings is 1. The molecule has 11 heteroatoms. The summed E-state index contributed by atoms with van der Waals surface area (Å²) in [6.07, 6.45) is -3.49. The van der Waals surface area contributed by atoms with Crippen LogP contribution in [-0.2, 0) is 10.9 Å². The van der Waals surface area contributed by atoms with Gasteiger partial charge in [0, 0.05) is 23.9 Å². The van der Waals surface area contributed by atoms with Crippen molar-refractivity contribution in [2.24, 2.45) is 0 Å². The van der Waals surface area contributed by atoms with E-state index in [0.29, 0.717) is 18.2 Å². The molecule has 170 valence electrons. The minimum absolute atomic E-state index is 0.00144. The van der Waals surface area contributed by atoms with Gasteiger partial charge in [-0.3, -0.25) is 4.79 Å². The third-order valence-corrected chi connectivity index (χ3v) is 4.49. The van der Waals surface area contributed by atoms with E-state index in [9.17, 15) is 22.4 Å². The molecule has 2 heterocycles. The van der Waals surface area contributed by atoms with E-state index in [1.54, 1.807) is 0 Å². The average molecular weight is 472 g/mol. The second-order valence-corrected chi connectivity index (χ2v) is 7.32. The number of H-pyrrole nitrogens is 1. The van der Waals surface area contributed by atoms with Gasteiger partial charge in [0.25, 0.3) is 5.56 Å². The Balaban J connectivity index is 1.94. The lowest BCUT2D eigenvalue weighted by atomic mass is 10.0. The highest BCUT2D eigenvalue weighted by molar-refractivity contribution is 6.31. The molecule has 0 radical (unpaired) electrons. The number of nitrogens with zero attached hydrogens (tertiary/aromatic N) is 2. The Morgan fingerprint density at radius 2 is 1.91 bits per heavy atom. The Labute approximate surface area is 185 Å². The maximum absolute atomic E-state index is 14.6. The molecule has 0 unspecified atom stereocenters. The fourth-order valence-electron chi connectivity index (χ4n) is 2.79. The third-order valence-electron chi connectivity index (χ3n) is 4.20. The number of rotatable bonds is 7. The number of alkyl halides is 3. The fraction of sp³-hybridized carbons (Fsp3) is 0.286. The van der Waals surface area contributed by atoms with Gasteiger partial charge in [0.2, 0.25) is 5.88 Å². The quantitative estimate of drug-likeness (QED) is 0.382. The van der Waals surface area contributed by atoms with E-state index in [2.05, 4.69) is 15.0 Å². The molecule has 1 N–H and O–H groups in total. The normalized spacial score (nSPS) is 11.8. The fourth-order valence-corrected chi connectivity index (χ4v) is 2.95. The van der Waals surface area contributed by atoms with Crippen molar-refractivity contribution < 1.29 is 27.0 Å². The van der Waals surface area contributed by atoms with Crippen molar-refractivity contribution in [3.05, 3.63) is 63.3 Å². The number of halogens is 5. The van der Waals surface area contributed by atoms with E-state index in [0.717, 1.165) is 12.1 Å². The number of nitrogens with one attached hydrogen (secondary N) is 1. The molecule has 32 heavy (non-hydrogen) atoms. The van der Waals surface area contributed by atoms with Gasteiger partial charge in [-0.05, 0) is 32.0 Å². The molecule has 0 aliphatic carbocycles. The van der Waals surface area contributed by atoms with Crippen LogP contribution in [0.5, 0.6) is 5.88 Å². The topological polar surface area (TPSA) is 77.1 Å². The van der Waals surface area contributed by atoms with Gasteiger partial charge < -0.3 is 14.5 Å². The van der Waals surface area contributed by atoms with Crippen LogP contribution in [0.25, 0.3) is 22.6 Å². The molecule has 2 aromatic heterocycles. The van der Waals surface area contributed by atoms with Crippen LogP contribution in [0.1, 0.15) is 19.4 Å². The van der Waals surface area contributed by atoms with Gasteiger partial charge in [0.05, 0.1) is 34.6 Å². The lowest BCUT2D eigenvalue weighted by Gasteiger charge is -2.14. The Kier molecular flexibility index (Phi) is 7.15. The molecule has 6 nitrogen and oxygen atoms in total. The summed E-state index contributed by atoms with van der Waals surface area (Å²) in [4.78, 5) is 22.4. The summed E-state index contributed by atoms with van der Waals surface area (Å²) < 4.78 is 65.6. The lowest BCUT2D eigenvalue weighted by molar-refractivity contribution is -0.137. The van der Waals surface area contributed by atoms with Crippen molar-refractivity contribution in [1.82, 2.24) is 15.0 Å². The van der Waals surface area contributed by atoms with E-state index in [-0.39, 0.29) is 24.3 Å². The highest BCUT2D eigenvalue weighted by Crippen LogP contribution is 2.39. The van der Waals surface area contributed by atoms with Gasteiger partial charge >= 0.3 is 6.18 Å². The summed E-state index contributed by atoms with van der Waals surface area (Å²) in [6, 6.07) is 5.52. The maximum Gasteiger partial charge on any atom is 0.417 e. The molecular formula is C21H18ClF4N3O3. The smallest absolute Gasteiger partial charge is 0.417 e. The summed E-state index contributed by atoms with van der Waals surface area (Å²) in [6.45, 7) is 4.42. The highest BCUT2D eigenvalue weighted by atomic mass is 35.5. The lowest BCUT2D eigenvalue weighted by Crippen LogP contribution is -2.14. The molecule has 0 bridgehead atoms. The van der Waals surface area contributed by atoms with Gasteiger partial charge in [-0.1, -0.05) is 11.6 Å². The van der Waals surface area contributed by atoms with Crippen LogP contribution in [0, 0.1) is 5.82 Å². The monoisotopic (exact) mass is 471 g/mol. The van der Waals surface area contributed by atoms with Gasteiger partial charge in [0.15, 0.2) is 5.82 Å². The largest absolute Gasteiger partial charge is 0.475 e. The number of pyridine rings is 1. The van der Waals surface area contributed by atoms with Crippen LogP contribution in [0.2, 0.25) is 5.02 Å². The first-order valence-electron chi connectivity index (χ1n) is 9.44. The zero-order chi connectivity index (χ0) is 23.5. The minimum Gasteiger partial charge on any atom is -0.475 e. The first kappa shape index (κ1) is 23.7. The number of ether oxygens (including phenoxy) is 2. The summed E-state index contributed by atoms with van der Waals surface area (Å²) in [5.41, 5.74) is -2.71. The van der Waals surface area contributed by atoms with E-state index < -0.39 is 39.5 Å². The second kappa shape index (κ2) is 9.66. The molecule has 1 aromatic carbocycles. The first-order chi connectivity index (χ1) is 15.1. The Hall–Kier alpha value is -2.98. The first-order valence-corrected chi connectivity index (χ1v) is 9.82. The minimum atomic E-state index is -4.89. The number of hydrogen-bond acceptors (Lipinski definition) is 5. The van der Waals surface area contributed by atoms with Crippen LogP contribution in [0.15, 0.2) is 41.3 Å². The molecule has 0 saturated carbocycles. The van der Waals surface area contributed by atoms with Crippen LogP contribution in [-0.4, -0.2) is 34.3 Å². The predicted octanol–water partition coefficient (Wildman–Crippen LogP) is 5.11. The molecule has 0 fully saturated rings. The van der Waals surface area contributed by atoms with Crippen LogP contribution < -0.4 is 10.3 Å². The van der Waals surface area contributed by atoms with E-state index in [1.165, 1.54) is 18.3 Å². The van der Waals surface area contributed by atoms with Gasteiger partial charge in [-0.25, -0.2) is 14.4 Å². The predicted molar refractivity (Wildman–Crippen MR) is 110 cm³/mol. The molecule has 3 rings (SSSR count). The molecule has 0 amide bonds. The maximum atomic E-state index is 14.6. The van der Waals surface area contributed by atoms with Gasteiger partial charge in [0.1, 0.15) is 12.4 Å². The summed E-state index contributed by atoms with van der Waals surface area (Å²) >= 11 is 5.67. The number of aromatic amines is 1. The van der Waals surface area contributed by atoms with Crippen molar-refractivity contribution in [2.45, 2.75) is 26.1 Å². The zero-order valence-corrected chi connectivity index (χ0v) is 17.7. The molecule has 0 atom stereocenters. The summed E-state index contributed by atoms with van der Waals surface area (Å²) in [5.74, 6) is -1.66. The molecular weight excluding hydrogens is 454 g/mol. The van der Waals surface area contributed by atoms with E-state index in [4.69, 9.17) is 21.1 Å². The SMILES string of the molecule is CC(C)OCCOc1ccc(-c2cc(=O)[nH]c(-c3c(C(F)(F)F)ccc(Cl)c3F)n2)cn1. The van der Waals surface area contributed by atoms with Gasteiger partial charge in [-0.2, -0.15) is 13.2 Å². The molecule has 0 saturated heterocycles. The Morgan fingerprint density at radius 1 is 1.16 bits per heavy atom. The number of aromatic nitrogens is 3. The molecule has 0 aliphatic rings. The van der Waals surface area contributed by atoms with Crippen molar-refractivity contribution in [1.29, 1.82) is 0 Å². The molecule has 0 aliphatic heterocycles. The summed E-state index contributed by atoms with van der Waals surface area (Å²) in [7, 11) is 0. The van der Waals surface area contributed by atoms with Crippen molar-refractivity contribution in [3.63, 3.8) is 0 Å². The van der Waals surface area contributed by atoms with Gasteiger partial charge in [-0.15, -0.1) is 0 Å². The second-order valence-electron chi connectivity index (χ2n) is 6.91. The van der Waals surface area contributed by atoms with Crippen LogP contribution >= 0.6 is 11.6 Å².